The van der Waals surface area contributed by atoms with Crippen molar-refractivity contribution in [3.05, 3.63) is 95.2 Å². The summed E-state index contributed by atoms with van der Waals surface area (Å²) in [5.41, 5.74) is 1.51. The molecule has 8 heteroatoms. The lowest BCUT2D eigenvalue weighted by atomic mass is 10.0. The zero-order chi connectivity index (χ0) is 22.2. The Morgan fingerprint density at radius 3 is 2.41 bits per heavy atom. The first kappa shape index (κ1) is 19.7. The highest BCUT2D eigenvalue weighted by atomic mass is 19.2. The normalized spacial score (nSPS) is 15.0. The molecule has 5 rings (SSSR count). The van der Waals surface area contributed by atoms with Gasteiger partial charge in [0.2, 0.25) is 6.79 Å². The van der Waals surface area contributed by atoms with E-state index >= 15 is 0 Å². The smallest absolute Gasteiger partial charge is 0.278 e. The summed E-state index contributed by atoms with van der Waals surface area (Å²) in [4.78, 5) is 27.6. The van der Waals surface area contributed by atoms with Crippen molar-refractivity contribution in [2.24, 2.45) is 0 Å². The van der Waals surface area contributed by atoms with Gasteiger partial charge < -0.3 is 14.8 Å². The van der Waals surface area contributed by atoms with Gasteiger partial charge in [0.1, 0.15) is 5.70 Å². The average Bonchev–Trinajstić information content (AvgIpc) is 3.35. The molecule has 0 aliphatic carbocycles. The number of anilines is 1. The zero-order valence-corrected chi connectivity index (χ0v) is 16.6. The van der Waals surface area contributed by atoms with E-state index in [9.17, 15) is 18.4 Å². The summed E-state index contributed by atoms with van der Waals surface area (Å²) in [6.45, 7) is 0.121. The van der Waals surface area contributed by atoms with Crippen LogP contribution in [0.4, 0.5) is 14.5 Å². The van der Waals surface area contributed by atoms with E-state index in [1.54, 1.807) is 48.5 Å². The van der Waals surface area contributed by atoms with Gasteiger partial charge in [-0.25, -0.2) is 8.78 Å². The molecule has 3 aromatic rings. The highest BCUT2D eigenvalue weighted by Gasteiger charge is 2.39. The predicted molar refractivity (Wildman–Crippen MR) is 111 cm³/mol. The molecule has 160 valence electrons. The molecular formula is C24H16F2N2O4. The lowest BCUT2D eigenvalue weighted by Gasteiger charge is -2.16. The lowest BCUT2D eigenvalue weighted by Crippen LogP contribution is -2.32. The van der Waals surface area contributed by atoms with E-state index in [4.69, 9.17) is 9.47 Å². The number of halogens is 2. The largest absolute Gasteiger partial charge is 0.454 e. The average molecular weight is 434 g/mol. The molecule has 0 fully saturated rings. The molecule has 0 saturated heterocycles. The van der Waals surface area contributed by atoms with Gasteiger partial charge in [-0.15, -0.1) is 0 Å². The summed E-state index contributed by atoms with van der Waals surface area (Å²) in [6, 6.07) is 17.1. The molecule has 2 aliphatic rings. The maximum absolute atomic E-state index is 13.7. The maximum Gasteiger partial charge on any atom is 0.278 e. The third-order valence-electron chi connectivity index (χ3n) is 5.20. The molecule has 0 bridgehead atoms. The van der Waals surface area contributed by atoms with Gasteiger partial charge in [-0.3, -0.25) is 14.5 Å². The molecule has 3 aromatic carbocycles. The molecule has 2 aliphatic heterocycles. The number of fused-ring (bicyclic) bond motifs is 1. The quantitative estimate of drug-likeness (QED) is 0.613. The van der Waals surface area contributed by atoms with Crippen molar-refractivity contribution in [3.63, 3.8) is 0 Å². The molecule has 0 radical (unpaired) electrons. The molecule has 1 N–H and O–H groups in total. The number of ether oxygens (including phenoxy) is 2. The van der Waals surface area contributed by atoms with Crippen molar-refractivity contribution >= 4 is 23.1 Å². The molecule has 32 heavy (non-hydrogen) atoms. The van der Waals surface area contributed by atoms with Crippen LogP contribution in [0.1, 0.15) is 11.1 Å². The Morgan fingerprint density at radius 1 is 0.844 bits per heavy atom. The fourth-order valence-corrected chi connectivity index (χ4v) is 3.65. The van der Waals surface area contributed by atoms with Crippen LogP contribution in [0.2, 0.25) is 0 Å². The third kappa shape index (κ3) is 3.45. The van der Waals surface area contributed by atoms with Gasteiger partial charge in [-0.2, -0.15) is 0 Å². The monoisotopic (exact) mass is 434 g/mol. The summed E-state index contributed by atoms with van der Waals surface area (Å²) in [6.07, 6.45) is 0. The van der Waals surface area contributed by atoms with Crippen molar-refractivity contribution in [1.82, 2.24) is 4.90 Å². The van der Waals surface area contributed by atoms with Crippen LogP contribution in [0, 0.1) is 11.6 Å². The van der Waals surface area contributed by atoms with Crippen LogP contribution in [0.15, 0.2) is 72.4 Å². The van der Waals surface area contributed by atoms with E-state index in [0.717, 1.165) is 17.0 Å². The third-order valence-corrected chi connectivity index (χ3v) is 5.20. The number of hydrogen-bond acceptors (Lipinski definition) is 5. The van der Waals surface area contributed by atoms with Crippen molar-refractivity contribution in [3.8, 4) is 11.5 Å². The van der Waals surface area contributed by atoms with Gasteiger partial charge >= 0.3 is 0 Å². The Hall–Kier alpha value is -4.20. The van der Waals surface area contributed by atoms with Gasteiger partial charge in [0.05, 0.1) is 12.1 Å². The van der Waals surface area contributed by atoms with Crippen LogP contribution in [-0.4, -0.2) is 23.5 Å². The van der Waals surface area contributed by atoms with Crippen molar-refractivity contribution in [2.75, 3.05) is 12.1 Å². The maximum atomic E-state index is 13.7. The minimum absolute atomic E-state index is 0.00653. The summed E-state index contributed by atoms with van der Waals surface area (Å²) >= 11 is 0. The first-order valence-electron chi connectivity index (χ1n) is 9.78. The van der Waals surface area contributed by atoms with Crippen LogP contribution in [0.5, 0.6) is 11.5 Å². The number of benzene rings is 3. The number of nitrogens with zero attached hydrogens (tertiary/aromatic N) is 1. The van der Waals surface area contributed by atoms with Crippen LogP contribution >= 0.6 is 0 Å². The lowest BCUT2D eigenvalue weighted by molar-refractivity contribution is -0.137. The fraction of sp³-hybridized carbons (Fsp3) is 0.0833. The fourth-order valence-electron chi connectivity index (χ4n) is 3.65. The molecule has 2 heterocycles. The van der Waals surface area contributed by atoms with Gasteiger partial charge in [-0.05, 0) is 35.4 Å². The Morgan fingerprint density at radius 2 is 1.62 bits per heavy atom. The Bertz CT molecular complexity index is 1270. The number of carbonyl (C=O) groups excluding carboxylic acids is 2. The van der Waals surface area contributed by atoms with E-state index in [-0.39, 0.29) is 30.3 Å². The number of hydrogen-bond donors (Lipinski definition) is 1. The molecular weight excluding hydrogens is 418 g/mol. The van der Waals surface area contributed by atoms with E-state index < -0.39 is 23.4 Å². The standard InChI is InChI=1S/C24H16F2N2O4/c25-17-8-7-16(11-18(17)26)27-22-21(15-4-2-1-3-5-15)23(29)28(24(22)30)12-14-6-9-19-20(10-14)32-13-31-19/h1-11,27H,12-13H2. The van der Waals surface area contributed by atoms with Crippen LogP contribution in [0.3, 0.4) is 0 Å². The number of rotatable bonds is 5. The second-order valence-electron chi connectivity index (χ2n) is 7.25. The van der Waals surface area contributed by atoms with Gasteiger partial charge in [0.25, 0.3) is 11.8 Å². The number of imide groups is 1. The van der Waals surface area contributed by atoms with Crippen molar-refractivity contribution < 1.29 is 27.8 Å². The molecule has 0 atom stereocenters. The number of carbonyl (C=O) groups is 2. The summed E-state index contributed by atoms with van der Waals surface area (Å²) in [5.74, 6) is -2.01. The van der Waals surface area contributed by atoms with E-state index in [1.165, 1.54) is 6.07 Å². The van der Waals surface area contributed by atoms with Crippen LogP contribution in [-0.2, 0) is 16.1 Å². The summed E-state index contributed by atoms with van der Waals surface area (Å²) in [5, 5.41) is 2.81. The molecule has 0 spiro atoms. The number of amides is 2. The second kappa shape index (κ2) is 7.81. The van der Waals surface area contributed by atoms with Gasteiger partial charge in [-0.1, -0.05) is 36.4 Å². The first-order valence-corrected chi connectivity index (χ1v) is 9.78. The van der Waals surface area contributed by atoms with Crippen molar-refractivity contribution in [2.45, 2.75) is 6.54 Å². The predicted octanol–water partition coefficient (Wildman–Crippen LogP) is 4.09. The Kier molecular flexibility index (Phi) is 4.82. The van der Waals surface area contributed by atoms with E-state index in [1.807, 2.05) is 0 Å². The van der Waals surface area contributed by atoms with Crippen LogP contribution < -0.4 is 14.8 Å². The minimum atomic E-state index is -1.06. The molecule has 6 nitrogen and oxygen atoms in total. The Labute approximate surface area is 181 Å². The Balaban J connectivity index is 1.50. The SMILES string of the molecule is O=C1C(Nc2ccc(F)c(F)c2)=C(c2ccccc2)C(=O)N1Cc1ccc2c(c1)OCO2. The highest BCUT2D eigenvalue weighted by molar-refractivity contribution is 6.36. The van der Waals surface area contributed by atoms with Gasteiger partial charge in [0.15, 0.2) is 23.1 Å². The zero-order valence-electron chi connectivity index (χ0n) is 16.6. The molecule has 0 saturated carbocycles. The molecule has 0 unspecified atom stereocenters. The van der Waals surface area contributed by atoms with Crippen molar-refractivity contribution in [1.29, 1.82) is 0 Å². The van der Waals surface area contributed by atoms with E-state index in [2.05, 4.69) is 5.32 Å². The molecule has 0 aromatic heterocycles. The highest BCUT2D eigenvalue weighted by Crippen LogP contribution is 2.35. The van der Waals surface area contributed by atoms with E-state index in [0.29, 0.717) is 22.6 Å². The van der Waals surface area contributed by atoms with Gasteiger partial charge in [0, 0.05) is 11.8 Å². The second-order valence-corrected chi connectivity index (χ2v) is 7.25. The summed E-state index contributed by atoms with van der Waals surface area (Å²) in [7, 11) is 0. The minimum Gasteiger partial charge on any atom is -0.454 e. The number of nitrogens with one attached hydrogen (secondary N) is 1. The topological polar surface area (TPSA) is 67.9 Å². The molecule has 2 amide bonds. The summed E-state index contributed by atoms with van der Waals surface area (Å²) < 4.78 is 37.7. The first-order chi connectivity index (χ1) is 15.5. The van der Waals surface area contributed by atoms with Crippen LogP contribution in [0.25, 0.3) is 5.57 Å².